The maximum absolute atomic E-state index is 9.78. The van der Waals surface area contributed by atoms with E-state index in [0.29, 0.717) is 6.54 Å². The van der Waals surface area contributed by atoms with Crippen LogP contribution in [0.3, 0.4) is 0 Å². The van der Waals surface area contributed by atoms with Crippen LogP contribution in [0, 0.1) is 6.92 Å². The SMILES string of the molecule is Cc1nn(C)c(N(C)CC(C)(C)O)c1CO. The third-order valence-electron chi connectivity index (χ3n) is 2.46. The number of aliphatic hydroxyl groups excluding tert-OH is 1. The first kappa shape index (κ1) is 13.0. The molecule has 1 aromatic heterocycles. The zero-order valence-corrected chi connectivity index (χ0v) is 10.7. The van der Waals surface area contributed by atoms with Gasteiger partial charge in [-0.1, -0.05) is 0 Å². The summed E-state index contributed by atoms with van der Waals surface area (Å²) in [6.45, 7) is 5.83. The second kappa shape index (κ2) is 4.43. The van der Waals surface area contributed by atoms with Crippen LogP contribution in [-0.4, -0.2) is 39.2 Å². The van der Waals surface area contributed by atoms with Gasteiger partial charge in [0.05, 0.1) is 17.9 Å². The highest BCUT2D eigenvalue weighted by Gasteiger charge is 2.21. The largest absolute Gasteiger partial charge is 0.391 e. The van der Waals surface area contributed by atoms with Crippen molar-refractivity contribution < 1.29 is 10.2 Å². The van der Waals surface area contributed by atoms with Crippen LogP contribution >= 0.6 is 0 Å². The fourth-order valence-corrected chi connectivity index (χ4v) is 2.01. The predicted octanol–water partition coefficient (Wildman–Crippen LogP) is 0.428. The molecule has 0 aliphatic heterocycles. The van der Waals surface area contributed by atoms with Gasteiger partial charge in [0, 0.05) is 26.2 Å². The molecule has 0 aliphatic carbocycles. The summed E-state index contributed by atoms with van der Waals surface area (Å²) in [5.41, 5.74) is 0.858. The molecule has 92 valence electrons. The molecule has 5 heteroatoms. The van der Waals surface area contributed by atoms with E-state index in [0.717, 1.165) is 17.1 Å². The Kier molecular flexibility index (Phi) is 3.60. The number of aliphatic hydroxyl groups is 2. The van der Waals surface area contributed by atoms with Crippen molar-refractivity contribution in [3.8, 4) is 0 Å². The van der Waals surface area contributed by atoms with Crippen molar-refractivity contribution in [2.45, 2.75) is 33.0 Å². The van der Waals surface area contributed by atoms with Gasteiger partial charge >= 0.3 is 0 Å². The van der Waals surface area contributed by atoms with Crippen LogP contribution in [0.2, 0.25) is 0 Å². The zero-order valence-electron chi connectivity index (χ0n) is 10.7. The Hall–Kier alpha value is -1.07. The van der Waals surface area contributed by atoms with Gasteiger partial charge in [-0.05, 0) is 20.8 Å². The minimum Gasteiger partial charge on any atom is -0.391 e. The summed E-state index contributed by atoms with van der Waals surface area (Å²) in [7, 11) is 3.72. The molecule has 1 aromatic rings. The molecule has 0 saturated heterocycles. The Morgan fingerprint density at radius 3 is 2.44 bits per heavy atom. The number of anilines is 1. The Morgan fingerprint density at radius 2 is 2.00 bits per heavy atom. The molecular formula is C11H21N3O2. The molecule has 0 aromatic carbocycles. The Labute approximate surface area is 96.3 Å². The highest BCUT2D eigenvalue weighted by molar-refractivity contribution is 5.49. The maximum atomic E-state index is 9.78. The topological polar surface area (TPSA) is 61.5 Å². The maximum Gasteiger partial charge on any atom is 0.132 e. The van der Waals surface area contributed by atoms with Gasteiger partial charge < -0.3 is 15.1 Å². The summed E-state index contributed by atoms with van der Waals surface area (Å²) in [4.78, 5) is 1.91. The van der Waals surface area contributed by atoms with Gasteiger partial charge in [-0.25, -0.2) is 0 Å². The molecule has 0 saturated carbocycles. The Bertz CT molecular complexity index is 366. The lowest BCUT2D eigenvalue weighted by Crippen LogP contribution is -2.37. The normalized spacial score (nSPS) is 11.9. The smallest absolute Gasteiger partial charge is 0.132 e. The van der Waals surface area contributed by atoms with Crippen LogP contribution in [0.1, 0.15) is 25.1 Å². The van der Waals surface area contributed by atoms with Gasteiger partial charge in [0.2, 0.25) is 0 Å². The van der Waals surface area contributed by atoms with E-state index in [4.69, 9.17) is 0 Å². The minimum atomic E-state index is -0.778. The van der Waals surface area contributed by atoms with Gasteiger partial charge in [0.15, 0.2) is 0 Å². The van der Waals surface area contributed by atoms with E-state index in [1.807, 2.05) is 25.9 Å². The molecule has 0 radical (unpaired) electrons. The van der Waals surface area contributed by atoms with Crippen LogP contribution in [-0.2, 0) is 13.7 Å². The first-order valence-corrected chi connectivity index (χ1v) is 5.33. The summed E-state index contributed by atoms with van der Waals surface area (Å²) in [6.07, 6.45) is 0. The van der Waals surface area contributed by atoms with Gasteiger partial charge in [-0.2, -0.15) is 5.10 Å². The fraction of sp³-hybridized carbons (Fsp3) is 0.727. The lowest BCUT2D eigenvalue weighted by Gasteiger charge is -2.27. The number of aromatic nitrogens is 2. The van der Waals surface area contributed by atoms with E-state index >= 15 is 0 Å². The van der Waals surface area contributed by atoms with Crippen molar-refractivity contribution in [1.82, 2.24) is 9.78 Å². The van der Waals surface area contributed by atoms with Crippen LogP contribution < -0.4 is 4.90 Å². The van der Waals surface area contributed by atoms with Gasteiger partial charge in [0.25, 0.3) is 0 Å². The van der Waals surface area contributed by atoms with Crippen molar-refractivity contribution in [3.05, 3.63) is 11.3 Å². The number of hydrogen-bond donors (Lipinski definition) is 2. The highest BCUT2D eigenvalue weighted by Crippen LogP contribution is 2.23. The van der Waals surface area contributed by atoms with Gasteiger partial charge in [0.1, 0.15) is 5.82 Å². The van der Waals surface area contributed by atoms with Crippen LogP contribution in [0.25, 0.3) is 0 Å². The quantitative estimate of drug-likeness (QED) is 0.783. The molecule has 0 amide bonds. The molecule has 0 aliphatic rings. The first-order chi connectivity index (χ1) is 7.26. The van der Waals surface area contributed by atoms with E-state index in [1.165, 1.54) is 0 Å². The average molecular weight is 227 g/mol. The van der Waals surface area contributed by atoms with Crippen LogP contribution in [0.15, 0.2) is 0 Å². The predicted molar refractivity (Wildman–Crippen MR) is 63.4 cm³/mol. The average Bonchev–Trinajstić information content (AvgIpc) is 2.37. The van der Waals surface area contributed by atoms with Crippen molar-refractivity contribution >= 4 is 5.82 Å². The van der Waals surface area contributed by atoms with E-state index in [2.05, 4.69) is 5.10 Å². The standard InChI is InChI=1S/C11H21N3O2/c1-8-9(6-15)10(14(5)12-8)13(4)7-11(2,3)16/h15-16H,6-7H2,1-5H3. The van der Waals surface area contributed by atoms with Crippen molar-refractivity contribution in [3.63, 3.8) is 0 Å². The first-order valence-electron chi connectivity index (χ1n) is 5.33. The minimum absolute atomic E-state index is 0.0365. The lowest BCUT2D eigenvalue weighted by molar-refractivity contribution is 0.0882. The molecule has 0 bridgehead atoms. The summed E-state index contributed by atoms with van der Waals surface area (Å²) in [6, 6.07) is 0. The monoisotopic (exact) mass is 227 g/mol. The molecule has 0 spiro atoms. The number of rotatable bonds is 4. The van der Waals surface area contributed by atoms with E-state index in [-0.39, 0.29) is 6.61 Å². The van der Waals surface area contributed by atoms with Gasteiger partial charge in [-0.3, -0.25) is 4.68 Å². The number of nitrogens with zero attached hydrogens (tertiary/aromatic N) is 3. The molecule has 0 atom stereocenters. The summed E-state index contributed by atoms with van der Waals surface area (Å²) in [5.74, 6) is 0.849. The zero-order chi connectivity index (χ0) is 12.5. The highest BCUT2D eigenvalue weighted by atomic mass is 16.3. The van der Waals surface area contributed by atoms with E-state index in [9.17, 15) is 10.2 Å². The molecule has 2 N–H and O–H groups in total. The number of aryl methyl sites for hydroxylation is 2. The summed E-state index contributed by atoms with van der Waals surface area (Å²) in [5, 5.41) is 23.4. The number of likely N-dealkylation sites (N-methyl/N-ethyl adjacent to an activating group) is 1. The molecule has 1 rings (SSSR count). The molecular weight excluding hydrogens is 206 g/mol. The Morgan fingerprint density at radius 1 is 1.44 bits per heavy atom. The fourth-order valence-electron chi connectivity index (χ4n) is 2.01. The van der Waals surface area contributed by atoms with Crippen molar-refractivity contribution in [1.29, 1.82) is 0 Å². The summed E-state index contributed by atoms with van der Waals surface area (Å²) < 4.78 is 1.73. The molecule has 0 fully saturated rings. The summed E-state index contributed by atoms with van der Waals surface area (Å²) >= 11 is 0. The van der Waals surface area contributed by atoms with Gasteiger partial charge in [-0.15, -0.1) is 0 Å². The third kappa shape index (κ3) is 2.74. The number of hydrogen-bond acceptors (Lipinski definition) is 4. The molecule has 16 heavy (non-hydrogen) atoms. The molecule has 1 heterocycles. The molecule has 0 unspecified atom stereocenters. The van der Waals surface area contributed by atoms with Crippen LogP contribution in [0.5, 0.6) is 0 Å². The second-order valence-electron chi connectivity index (χ2n) is 4.84. The van der Waals surface area contributed by atoms with Crippen LogP contribution in [0.4, 0.5) is 5.82 Å². The Balaban J connectivity index is 3.03. The van der Waals surface area contributed by atoms with E-state index in [1.54, 1.807) is 18.5 Å². The third-order valence-corrected chi connectivity index (χ3v) is 2.46. The van der Waals surface area contributed by atoms with Crippen molar-refractivity contribution in [2.24, 2.45) is 7.05 Å². The lowest BCUT2D eigenvalue weighted by atomic mass is 10.1. The second-order valence-corrected chi connectivity index (χ2v) is 4.84. The van der Waals surface area contributed by atoms with Crippen molar-refractivity contribution in [2.75, 3.05) is 18.5 Å². The van der Waals surface area contributed by atoms with E-state index < -0.39 is 5.60 Å². The molecule has 5 nitrogen and oxygen atoms in total.